The third kappa shape index (κ3) is 5.41. The number of carboxylic acid groups (broad SMARTS) is 2. The van der Waals surface area contributed by atoms with Crippen molar-refractivity contribution in [2.75, 3.05) is 26.9 Å². The second-order valence-electron chi connectivity index (χ2n) is 3.63. The van der Waals surface area contributed by atoms with E-state index in [4.69, 9.17) is 20.1 Å². The molecule has 0 fully saturated rings. The lowest BCUT2D eigenvalue weighted by Gasteiger charge is -2.30. The first-order valence-electron chi connectivity index (χ1n) is 5.56. The Bertz CT molecular complexity index is 273. The highest BCUT2D eigenvalue weighted by Crippen LogP contribution is 2.03. The lowest BCUT2D eigenvalue weighted by atomic mass is 10.2. The number of likely N-dealkylation sites (N-methyl/N-ethyl adjacent to an activating group) is 1. The number of rotatable bonds is 10. The lowest BCUT2D eigenvalue weighted by molar-refractivity contribution is -0.150. The number of nitrogens with zero attached hydrogens (tertiary/aromatic N) is 1. The van der Waals surface area contributed by atoms with Crippen LogP contribution in [0.15, 0.2) is 0 Å². The smallest absolute Gasteiger partial charge is 0.324 e. The van der Waals surface area contributed by atoms with Gasteiger partial charge in [0.25, 0.3) is 0 Å². The van der Waals surface area contributed by atoms with Crippen LogP contribution in [0.4, 0.5) is 0 Å². The van der Waals surface area contributed by atoms with Crippen LogP contribution in [0.5, 0.6) is 0 Å². The number of aliphatic hydroxyl groups excluding tert-OH is 1. The van der Waals surface area contributed by atoms with Gasteiger partial charge in [0, 0.05) is 20.3 Å². The number of carboxylic acids is 2. The highest BCUT2D eigenvalue weighted by atomic mass is 16.5. The van der Waals surface area contributed by atoms with Gasteiger partial charge in [-0.05, 0) is 6.42 Å². The standard InChI is InChI=1S/C10H20N2O6/c1-3-12(8(4-5-13)10(16)17)11-7(6-18-2)9(14)15/h7-8,11,13H,3-6H2,1-2H3,(H,14,15)(H,16,17)/t7-,8-/m0/s1. The Morgan fingerprint density at radius 3 is 2.28 bits per heavy atom. The molecular weight excluding hydrogens is 244 g/mol. The zero-order valence-corrected chi connectivity index (χ0v) is 10.5. The van der Waals surface area contributed by atoms with Crippen LogP contribution in [-0.4, -0.2) is 71.2 Å². The van der Waals surface area contributed by atoms with Gasteiger partial charge in [-0.2, -0.15) is 0 Å². The minimum absolute atomic E-state index is 0.00942. The molecule has 0 heterocycles. The van der Waals surface area contributed by atoms with Crippen LogP contribution in [-0.2, 0) is 14.3 Å². The van der Waals surface area contributed by atoms with Crippen molar-refractivity contribution in [1.82, 2.24) is 10.4 Å². The normalized spacial score (nSPS) is 14.4. The number of aliphatic carboxylic acids is 2. The average Bonchev–Trinajstić information content (AvgIpc) is 2.31. The summed E-state index contributed by atoms with van der Waals surface area (Å²) >= 11 is 0. The van der Waals surface area contributed by atoms with Crippen LogP contribution >= 0.6 is 0 Å². The van der Waals surface area contributed by atoms with Crippen molar-refractivity contribution in [3.63, 3.8) is 0 Å². The molecule has 0 aromatic heterocycles. The summed E-state index contributed by atoms with van der Waals surface area (Å²) < 4.78 is 4.74. The van der Waals surface area contributed by atoms with Gasteiger partial charge in [-0.25, -0.2) is 10.4 Å². The molecule has 0 saturated heterocycles. The number of ether oxygens (including phenoxy) is 1. The third-order valence-electron chi connectivity index (χ3n) is 2.36. The molecule has 0 aliphatic carbocycles. The molecule has 0 aliphatic rings. The van der Waals surface area contributed by atoms with E-state index in [2.05, 4.69) is 5.43 Å². The molecule has 0 amide bonds. The van der Waals surface area contributed by atoms with Crippen LogP contribution in [0.2, 0.25) is 0 Å². The van der Waals surface area contributed by atoms with E-state index in [9.17, 15) is 9.59 Å². The van der Waals surface area contributed by atoms with Crippen LogP contribution in [0.3, 0.4) is 0 Å². The van der Waals surface area contributed by atoms with Crippen LogP contribution in [0.1, 0.15) is 13.3 Å². The second kappa shape index (κ2) is 8.81. The number of carbonyl (C=O) groups is 2. The Balaban J connectivity index is 4.71. The molecule has 0 aliphatic heterocycles. The third-order valence-corrected chi connectivity index (χ3v) is 2.36. The molecule has 0 saturated carbocycles. The molecular formula is C10H20N2O6. The average molecular weight is 264 g/mol. The number of nitrogens with one attached hydrogen (secondary N) is 1. The van der Waals surface area contributed by atoms with Gasteiger partial charge in [-0.3, -0.25) is 9.59 Å². The highest BCUT2D eigenvalue weighted by molar-refractivity contribution is 5.74. The van der Waals surface area contributed by atoms with Crippen molar-refractivity contribution in [3.05, 3.63) is 0 Å². The summed E-state index contributed by atoms with van der Waals surface area (Å²) in [6, 6.07) is -2.02. The van der Waals surface area contributed by atoms with Crippen molar-refractivity contribution >= 4 is 11.9 Å². The predicted octanol–water partition coefficient (Wildman–Crippen LogP) is -1.25. The zero-order chi connectivity index (χ0) is 14.1. The summed E-state index contributed by atoms with van der Waals surface area (Å²) in [5.74, 6) is -2.26. The Morgan fingerprint density at radius 1 is 1.33 bits per heavy atom. The Kier molecular flexibility index (Phi) is 8.21. The molecule has 0 unspecified atom stereocenters. The lowest BCUT2D eigenvalue weighted by Crippen LogP contribution is -2.56. The highest BCUT2D eigenvalue weighted by Gasteiger charge is 2.28. The van der Waals surface area contributed by atoms with Gasteiger partial charge in [0.1, 0.15) is 12.1 Å². The molecule has 8 nitrogen and oxygen atoms in total. The molecule has 18 heavy (non-hydrogen) atoms. The fraction of sp³-hybridized carbons (Fsp3) is 0.800. The van der Waals surface area contributed by atoms with E-state index >= 15 is 0 Å². The number of methoxy groups -OCH3 is 1. The Hall–Kier alpha value is -1.22. The maximum Gasteiger partial charge on any atom is 0.324 e. The molecule has 0 spiro atoms. The van der Waals surface area contributed by atoms with E-state index < -0.39 is 24.0 Å². The summed E-state index contributed by atoms with van der Waals surface area (Å²) in [7, 11) is 1.36. The Morgan fingerprint density at radius 2 is 1.94 bits per heavy atom. The number of hydrogen-bond acceptors (Lipinski definition) is 6. The van der Waals surface area contributed by atoms with Crippen molar-refractivity contribution < 1.29 is 29.6 Å². The number of hydrogen-bond donors (Lipinski definition) is 4. The maximum absolute atomic E-state index is 11.0. The molecule has 106 valence electrons. The summed E-state index contributed by atoms with van der Waals surface area (Å²) in [5.41, 5.74) is 2.59. The maximum atomic E-state index is 11.0. The van der Waals surface area contributed by atoms with Gasteiger partial charge in [0.2, 0.25) is 0 Å². The first-order valence-corrected chi connectivity index (χ1v) is 5.56. The van der Waals surface area contributed by atoms with Crippen molar-refractivity contribution in [2.24, 2.45) is 0 Å². The van der Waals surface area contributed by atoms with Crippen LogP contribution in [0.25, 0.3) is 0 Å². The molecule has 0 aromatic rings. The van der Waals surface area contributed by atoms with Crippen molar-refractivity contribution in [3.8, 4) is 0 Å². The largest absolute Gasteiger partial charge is 0.480 e. The fourth-order valence-corrected chi connectivity index (χ4v) is 1.47. The fourth-order valence-electron chi connectivity index (χ4n) is 1.47. The molecule has 8 heteroatoms. The van der Waals surface area contributed by atoms with E-state index in [1.807, 2.05) is 0 Å². The summed E-state index contributed by atoms with van der Waals surface area (Å²) in [6.07, 6.45) is 0.00942. The monoisotopic (exact) mass is 264 g/mol. The van der Waals surface area contributed by atoms with Crippen LogP contribution < -0.4 is 5.43 Å². The quantitative estimate of drug-likeness (QED) is 0.361. The first-order chi connectivity index (χ1) is 8.47. The van der Waals surface area contributed by atoms with Crippen molar-refractivity contribution in [1.29, 1.82) is 0 Å². The van der Waals surface area contributed by atoms with Gasteiger partial charge < -0.3 is 20.1 Å². The minimum atomic E-state index is -1.14. The van der Waals surface area contributed by atoms with E-state index in [0.29, 0.717) is 0 Å². The number of aliphatic hydroxyl groups is 1. The zero-order valence-electron chi connectivity index (χ0n) is 10.5. The van der Waals surface area contributed by atoms with E-state index in [-0.39, 0.29) is 26.2 Å². The summed E-state index contributed by atoms with van der Waals surface area (Å²) in [6.45, 7) is 1.59. The number of hydrazine groups is 1. The Labute approximate surface area is 105 Å². The van der Waals surface area contributed by atoms with E-state index in [0.717, 1.165) is 0 Å². The van der Waals surface area contributed by atoms with Gasteiger partial charge in [0.05, 0.1) is 6.61 Å². The summed E-state index contributed by atoms with van der Waals surface area (Å²) in [4.78, 5) is 22.0. The van der Waals surface area contributed by atoms with Gasteiger partial charge >= 0.3 is 11.9 Å². The molecule has 0 radical (unpaired) electrons. The predicted molar refractivity (Wildman–Crippen MR) is 61.9 cm³/mol. The molecule has 0 aromatic carbocycles. The second-order valence-corrected chi connectivity index (χ2v) is 3.63. The van der Waals surface area contributed by atoms with Gasteiger partial charge in [0.15, 0.2) is 0 Å². The SMILES string of the molecule is CCN(N[C@@H](COC)C(=O)O)[C@@H](CCO)C(=O)O. The molecule has 4 N–H and O–H groups in total. The van der Waals surface area contributed by atoms with Crippen LogP contribution in [0, 0.1) is 0 Å². The molecule has 0 rings (SSSR count). The van der Waals surface area contributed by atoms with E-state index in [1.54, 1.807) is 6.92 Å². The first kappa shape index (κ1) is 16.8. The van der Waals surface area contributed by atoms with Gasteiger partial charge in [-0.1, -0.05) is 6.92 Å². The van der Waals surface area contributed by atoms with E-state index in [1.165, 1.54) is 12.1 Å². The molecule has 0 bridgehead atoms. The molecule has 2 atom stereocenters. The van der Waals surface area contributed by atoms with Crippen molar-refractivity contribution in [2.45, 2.75) is 25.4 Å². The topological polar surface area (TPSA) is 119 Å². The van der Waals surface area contributed by atoms with Gasteiger partial charge in [-0.15, -0.1) is 0 Å². The summed E-state index contributed by atoms with van der Waals surface area (Å²) in [5, 5.41) is 28.0. The minimum Gasteiger partial charge on any atom is -0.480 e.